The van der Waals surface area contributed by atoms with Crippen molar-refractivity contribution >= 4 is 23.4 Å². The zero-order chi connectivity index (χ0) is 19.8. The van der Waals surface area contributed by atoms with E-state index in [4.69, 9.17) is 9.47 Å². The van der Waals surface area contributed by atoms with Crippen molar-refractivity contribution in [3.8, 4) is 17.0 Å². The zero-order valence-corrected chi connectivity index (χ0v) is 15.9. The lowest BCUT2D eigenvalue weighted by Gasteiger charge is -2.09. The third kappa shape index (κ3) is 4.68. The Morgan fingerprint density at radius 2 is 2.04 bits per heavy atom. The van der Waals surface area contributed by atoms with Crippen LogP contribution in [0.2, 0.25) is 0 Å². The van der Waals surface area contributed by atoms with E-state index in [1.165, 1.54) is 7.11 Å². The molecule has 28 heavy (non-hydrogen) atoms. The number of carbonyl (C=O) groups is 2. The van der Waals surface area contributed by atoms with Gasteiger partial charge in [0.25, 0.3) is 5.91 Å². The van der Waals surface area contributed by atoms with Crippen molar-refractivity contribution < 1.29 is 19.1 Å². The van der Waals surface area contributed by atoms with Crippen LogP contribution in [0.3, 0.4) is 0 Å². The number of para-hydroxylation sites is 1. The van der Waals surface area contributed by atoms with Crippen molar-refractivity contribution in [2.45, 2.75) is 6.42 Å². The summed E-state index contributed by atoms with van der Waals surface area (Å²) in [6.45, 7) is 0.524. The summed E-state index contributed by atoms with van der Waals surface area (Å²) in [5.41, 5.74) is 1.61. The molecule has 2 aromatic heterocycles. The summed E-state index contributed by atoms with van der Waals surface area (Å²) in [6, 6.07) is 10.5. The maximum Gasteiger partial charge on any atom is 0.352 e. The van der Waals surface area contributed by atoms with Crippen molar-refractivity contribution in [1.29, 1.82) is 0 Å². The summed E-state index contributed by atoms with van der Waals surface area (Å²) < 4.78 is 14.3. The number of nitrogens with one attached hydrogen (secondary N) is 1. The average Bonchev–Trinajstić information content (AvgIpc) is 3.24. The van der Waals surface area contributed by atoms with E-state index < -0.39 is 5.97 Å². The predicted octanol–water partition coefficient (Wildman–Crippen LogP) is 2.59. The highest BCUT2D eigenvalue weighted by atomic mass is 32.1. The molecule has 0 aliphatic heterocycles. The van der Waals surface area contributed by atoms with Crippen LogP contribution in [0.4, 0.5) is 0 Å². The molecule has 3 aromatic rings. The van der Waals surface area contributed by atoms with E-state index in [1.54, 1.807) is 48.8 Å². The largest absolute Gasteiger partial charge is 0.496 e. The molecule has 1 N–H and O–H groups in total. The van der Waals surface area contributed by atoms with Gasteiger partial charge in [-0.2, -0.15) is 0 Å². The lowest BCUT2D eigenvalue weighted by atomic mass is 10.2. The topological polar surface area (TPSA) is 103 Å². The first kappa shape index (κ1) is 19.4. The molecular formula is C19H18N4O4S. The third-order valence-corrected chi connectivity index (χ3v) is 4.51. The van der Waals surface area contributed by atoms with E-state index >= 15 is 0 Å². The van der Waals surface area contributed by atoms with Crippen LogP contribution in [-0.2, 0) is 4.74 Å². The molecule has 9 heteroatoms. The number of pyridine rings is 1. The fourth-order valence-corrected chi connectivity index (χ4v) is 3.03. The van der Waals surface area contributed by atoms with Crippen LogP contribution in [0.1, 0.15) is 26.5 Å². The first-order valence-corrected chi connectivity index (χ1v) is 9.29. The third-order valence-electron chi connectivity index (χ3n) is 3.80. The van der Waals surface area contributed by atoms with Crippen molar-refractivity contribution in [3.63, 3.8) is 0 Å². The summed E-state index contributed by atoms with van der Waals surface area (Å²) in [7, 11) is 1.51. The van der Waals surface area contributed by atoms with E-state index in [0.717, 1.165) is 11.5 Å². The first-order valence-electron chi connectivity index (χ1n) is 8.52. The van der Waals surface area contributed by atoms with Gasteiger partial charge in [0.1, 0.15) is 11.4 Å². The molecule has 0 atom stereocenters. The first-order chi connectivity index (χ1) is 13.7. The van der Waals surface area contributed by atoms with Gasteiger partial charge in [0.05, 0.1) is 19.3 Å². The Morgan fingerprint density at radius 3 is 2.82 bits per heavy atom. The number of rotatable bonds is 8. The normalized spacial score (nSPS) is 10.3. The highest BCUT2D eigenvalue weighted by molar-refractivity contribution is 7.08. The van der Waals surface area contributed by atoms with Gasteiger partial charge in [0.15, 0.2) is 4.88 Å². The number of nitrogens with zero attached hydrogens (tertiary/aromatic N) is 3. The van der Waals surface area contributed by atoms with Gasteiger partial charge in [0.2, 0.25) is 0 Å². The number of carbonyl (C=O) groups excluding carboxylic acids is 2. The number of hydrogen-bond donors (Lipinski definition) is 1. The van der Waals surface area contributed by atoms with Gasteiger partial charge >= 0.3 is 5.97 Å². The van der Waals surface area contributed by atoms with Crippen molar-refractivity contribution in [2.75, 3.05) is 20.3 Å². The Balaban J connectivity index is 1.47. The molecule has 2 heterocycles. The standard InChI is InChI=1S/C19H18N4O4S/c1-26-15-8-3-2-7-14(15)18(24)21-10-5-11-27-19(25)17-16(22-23-28-17)13-6-4-9-20-12-13/h2-4,6-9,12H,5,10-11H2,1H3,(H,21,24). The zero-order valence-electron chi connectivity index (χ0n) is 15.1. The minimum absolute atomic E-state index is 0.162. The molecular weight excluding hydrogens is 380 g/mol. The minimum atomic E-state index is -0.495. The predicted molar refractivity (Wildman–Crippen MR) is 103 cm³/mol. The maximum absolute atomic E-state index is 12.3. The van der Waals surface area contributed by atoms with Crippen LogP contribution in [-0.4, -0.2) is 46.7 Å². The molecule has 0 radical (unpaired) electrons. The molecule has 0 aliphatic rings. The molecule has 0 bridgehead atoms. The molecule has 0 fully saturated rings. The lowest BCUT2D eigenvalue weighted by molar-refractivity contribution is 0.0507. The van der Waals surface area contributed by atoms with Gasteiger partial charge in [-0.1, -0.05) is 16.6 Å². The number of hydrogen-bond acceptors (Lipinski definition) is 8. The van der Waals surface area contributed by atoms with Crippen LogP contribution >= 0.6 is 11.5 Å². The smallest absolute Gasteiger partial charge is 0.352 e. The molecule has 0 spiro atoms. The molecule has 144 valence electrons. The number of ether oxygens (including phenoxy) is 2. The highest BCUT2D eigenvalue weighted by Crippen LogP contribution is 2.23. The van der Waals surface area contributed by atoms with E-state index in [1.807, 2.05) is 0 Å². The van der Waals surface area contributed by atoms with Crippen molar-refractivity contribution in [2.24, 2.45) is 0 Å². The molecule has 3 rings (SSSR count). The van der Waals surface area contributed by atoms with Crippen LogP contribution in [0, 0.1) is 0 Å². The minimum Gasteiger partial charge on any atom is -0.496 e. The van der Waals surface area contributed by atoms with Gasteiger partial charge in [-0.3, -0.25) is 9.78 Å². The van der Waals surface area contributed by atoms with Crippen LogP contribution < -0.4 is 10.1 Å². The summed E-state index contributed by atoms with van der Waals surface area (Å²) in [5.74, 6) is -0.230. The van der Waals surface area contributed by atoms with Crippen molar-refractivity contribution in [1.82, 2.24) is 19.9 Å². The number of amides is 1. The summed E-state index contributed by atoms with van der Waals surface area (Å²) in [4.78, 5) is 28.8. The quantitative estimate of drug-likeness (QED) is 0.459. The number of benzene rings is 1. The molecule has 8 nitrogen and oxygen atoms in total. The van der Waals surface area contributed by atoms with Crippen molar-refractivity contribution in [3.05, 3.63) is 59.2 Å². The van der Waals surface area contributed by atoms with Crippen LogP contribution in [0.25, 0.3) is 11.3 Å². The van der Waals surface area contributed by atoms with Gasteiger partial charge in [-0.05, 0) is 42.2 Å². The number of esters is 1. The Morgan fingerprint density at radius 1 is 1.18 bits per heavy atom. The molecule has 0 unspecified atom stereocenters. The van der Waals surface area contributed by atoms with E-state index in [9.17, 15) is 9.59 Å². The Hall–Kier alpha value is -3.33. The molecule has 0 saturated heterocycles. The number of aromatic nitrogens is 3. The Bertz CT molecular complexity index is 946. The van der Waals surface area contributed by atoms with Crippen LogP contribution in [0.5, 0.6) is 5.75 Å². The van der Waals surface area contributed by atoms with Gasteiger partial charge in [-0.15, -0.1) is 5.10 Å². The van der Waals surface area contributed by atoms with E-state index in [2.05, 4.69) is 19.9 Å². The fourth-order valence-electron chi connectivity index (χ4n) is 2.45. The SMILES string of the molecule is COc1ccccc1C(=O)NCCCOC(=O)c1snnc1-c1cccnc1. The Labute approximate surface area is 165 Å². The Kier molecular flexibility index (Phi) is 6.64. The lowest BCUT2D eigenvalue weighted by Crippen LogP contribution is -2.26. The second-order valence-electron chi connectivity index (χ2n) is 5.64. The molecule has 1 amide bonds. The molecule has 1 aromatic carbocycles. The second-order valence-corrected chi connectivity index (χ2v) is 6.39. The van der Waals surface area contributed by atoms with Gasteiger partial charge in [-0.25, -0.2) is 4.79 Å². The van der Waals surface area contributed by atoms with E-state index in [0.29, 0.717) is 40.4 Å². The molecule has 0 aliphatic carbocycles. The van der Waals surface area contributed by atoms with Gasteiger partial charge in [0, 0.05) is 24.5 Å². The fraction of sp³-hybridized carbons (Fsp3) is 0.211. The van der Waals surface area contributed by atoms with Crippen LogP contribution in [0.15, 0.2) is 48.8 Å². The highest BCUT2D eigenvalue weighted by Gasteiger charge is 2.19. The monoisotopic (exact) mass is 398 g/mol. The van der Waals surface area contributed by atoms with E-state index in [-0.39, 0.29) is 12.5 Å². The number of methoxy groups -OCH3 is 1. The maximum atomic E-state index is 12.3. The average molecular weight is 398 g/mol. The summed E-state index contributed by atoms with van der Waals surface area (Å²) in [6.07, 6.45) is 3.72. The molecule has 0 saturated carbocycles. The van der Waals surface area contributed by atoms with Gasteiger partial charge < -0.3 is 14.8 Å². The summed E-state index contributed by atoms with van der Waals surface area (Å²) >= 11 is 0.975. The summed E-state index contributed by atoms with van der Waals surface area (Å²) in [5, 5.41) is 6.76. The second kappa shape index (κ2) is 9.56.